The fraction of sp³-hybridized carbons (Fsp3) is 0.278. The summed E-state index contributed by atoms with van der Waals surface area (Å²) >= 11 is 0. The second-order valence-electron chi connectivity index (χ2n) is 5.46. The highest BCUT2D eigenvalue weighted by atomic mass is 15.4. The van der Waals surface area contributed by atoms with Gasteiger partial charge in [-0.2, -0.15) is 0 Å². The minimum Gasteiger partial charge on any atom is -0.338 e. The van der Waals surface area contributed by atoms with Crippen molar-refractivity contribution < 1.29 is 0 Å². The molecule has 0 saturated carbocycles. The summed E-state index contributed by atoms with van der Waals surface area (Å²) in [6.45, 7) is 4.39. The summed E-state index contributed by atoms with van der Waals surface area (Å²) in [5.74, 6) is 0.840. The number of nitrogens with zero attached hydrogens (tertiary/aromatic N) is 3. The molecule has 3 rings (SSSR count). The lowest BCUT2D eigenvalue weighted by molar-refractivity contribution is 0.913. The molecule has 0 fully saturated rings. The van der Waals surface area contributed by atoms with Crippen LogP contribution in [0.25, 0.3) is 16.5 Å². The fourth-order valence-corrected chi connectivity index (χ4v) is 2.81. The Labute approximate surface area is 131 Å². The van der Waals surface area contributed by atoms with E-state index in [4.69, 9.17) is 0 Å². The number of imidazole rings is 1. The van der Waals surface area contributed by atoms with Crippen LogP contribution in [0.5, 0.6) is 0 Å². The number of para-hydroxylation sites is 1. The molecule has 0 spiro atoms. The van der Waals surface area contributed by atoms with E-state index in [1.165, 1.54) is 22.0 Å². The maximum absolute atomic E-state index is 4.34. The van der Waals surface area contributed by atoms with Gasteiger partial charge in [0.2, 0.25) is 0 Å². The van der Waals surface area contributed by atoms with Crippen molar-refractivity contribution in [3.05, 3.63) is 54.6 Å². The van der Waals surface area contributed by atoms with Crippen LogP contribution in [0, 0.1) is 0 Å². The third kappa shape index (κ3) is 2.64. The van der Waals surface area contributed by atoms with Crippen molar-refractivity contribution in [1.29, 1.82) is 0 Å². The van der Waals surface area contributed by atoms with E-state index in [2.05, 4.69) is 65.5 Å². The molecule has 1 aromatic carbocycles. The molecular weight excluding hydrogens is 272 g/mol. The van der Waals surface area contributed by atoms with Gasteiger partial charge >= 0.3 is 0 Å². The van der Waals surface area contributed by atoms with E-state index in [0.717, 1.165) is 18.7 Å². The Hall–Kier alpha value is -2.49. The van der Waals surface area contributed by atoms with Gasteiger partial charge < -0.3 is 4.57 Å². The topological polar surface area (TPSA) is 34.8 Å². The Balaban J connectivity index is 2.09. The highest BCUT2D eigenvalue weighted by Crippen LogP contribution is 2.29. The minimum absolute atomic E-state index is 0.840. The summed E-state index contributed by atoms with van der Waals surface area (Å²) < 4.78 is 4.00. The van der Waals surface area contributed by atoms with Gasteiger partial charge in [-0.15, -0.1) is 0 Å². The van der Waals surface area contributed by atoms with Gasteiger partial charge in [0.15, 0.2) is 5.82 Å². The van der Waals surface area contributed by atoms with Crippen molar-refractivity contribution >= 4 is 22.3 Å². The lowest BCUT2D eigenvalue weighted by Gasteiger charge is -2.05. The molecule has 0 bridgehead atoms. The van der Waals surface area contributed by atoms with Crippen molar-refractivity contribution in [2.75, 3.05) is 5.43 Å². The largest absolute Gasteiger partial charge is 0.338 e. The predicted octanol–water partition coefficient (Wildman–Crippen LogP) is 4.45. The number of benzene rings is 1. The van der Waals surface area contributed by atoms with Crippen LogP contribution in [-0.4, -0.2) is 14.2 Å². The fourth-order valence-electron chi connectivity index (χ4n) is 2.81. The van der Waals surface area contributed by atoms with Crippen LogP contribution in [0.4, 0.5) is 5.82 Å². The van der Waals surface area contributed by atoms with Crippen LogP contribution in [0.15, 0.2) is 49.1 Å². The molecule has 0 unspecified atom stereocenters. The van der Waals surface area contributed by atoms with Gasteiger partial charge in [-0.3, -0.25) is 10.1 Å². The molecule has 0 aliphatic heterocycles. The molecule has 2 aromatic heterocycles. The molecule has 0 atom stereocenters. The molecule has 2 heterocycles. The summed E-state index contributed by atoms with van der Waals surface area (Å²) in [6, 6.07) is 8.47. The zero-order valence-corrected chi connectivity index (χ0v) is 13.4. The van der Waals surface area contributed by atoms with Crippen LogP contribution in [0.2, 0.25) is 0 Å². The van der Waals surface area contributed by atoms with Gasteiger partial charge in [-0.25, -0.2) is 4.98 Å². The summed E-state index contributed by atoms with van der Waals surface area (Å²) in [6.07, 6.45) is 10.3. The zero-order chi connectivity index (χ0) is 15.5. The minimum atomic E-state index is 0.840. The van der Waals surface area contributed by atoms with Crippen molar-refractivity contribution in [3.8, 4) is 0 Å². The SMILES string of the molecule is CC/C=C(\CC)c1cn(Nc2cn(C)cn2)c2ccccc12. The molecule has 0 aliphatic carbocycles. The summed E-state index contributed by atoms with van der Waals surface area (Å²) in [5, 5.41) is 1.27. The number of allylic oxidation sites excluding steroid dienone is 2. The first-order valence-electron chi connectivity index (χ1n) is 7.77. The molecule has 0 radical (unpaired) electrons. The summed E-state index contributed by atoms with van der Waals surface area (Å²) in [5.41, 5.74) is 7.22. The first-order chi connectivity index (χ1) is 10.7. The Bertz CT molecular complexity index is 807. The van der Waals surface area contributed by atoms with Crippen LogP contribution < -0.4 is 5.43 Å². The van der Waals surface area contributed by atoms with Crippen molar-refractivity contribution in [3.63, 3.8) is 0 Å². The molecule has 0 amide bonds. The van der Waals surface area contributed by atoms with Gasteiger partial charge in [-0.1, -0.05) is 38.1 Å². The molecular formula is C18H22N4. The molecule has 22 heavy (non-hydrogen) atoms. The number of hydrogen-bond acceptors (Lipinski definition) is 2. The third-order valence-electron chi connectivity index (χ3n) is 3.83. The maximum Gasteiger partial charge on any atom is 0.163 e. The van der Waals surface area contributed by atoms with Gasteiger partial charge in [0.25, 0.3) is 0 Å². The summed E-state index contributed by atoms with van der Waals surface area (Å²) in [7, 11) is 1.97. The molecule has 1 N–H and O–H groups in total. The number of aromatic nitrogens is 3. The van der Waals surface area contributed by atoms with E-state index in [1.807, 2.05) is 17.8 Å². The van der Waals surface area contributed by atoms with Crippen molar-refractivity contribution in [1.82, 2.24) is 14.2 Å². The van der Waals surface area contributed by atoms with E-state index in [0.29, 0.717) is 0 Å². The van der Waals surface area contributed by atoms with Gasteiger partial charge in [-0.05, 0) is 24.5 Å². The molecule has 0 saturated heterocycles. The molecule has 0 aliphatic rings. The monoisotopic (exact) mass is 294 g/mol. The quantitative estimate of drug-likeness (QED) is 0.754. The Morgan fingerprint density at radius 1 is 1.23 bits per heavy atom. The first kappa shape index (κ1) is 14.4. The van der Waals surface area contributed by atoms with E-state index in [9.17, 15) is 0 Å². The molecule has 3 aromatic rings. The Morgan fingerprint density at radius 2 is 2.05 bits per heavy atom. The zero-order valence-electron chi connectivity index (χ0n) is 13.4. The molecule has 4 heteroatoms. The van der Waals surface area contributed by atoms with Gasteiger partial charge in [0.1, 0.15) is 0 Å². The lowest BCUT2D eigenvalue weighted by Crippen LogP contribution is -2.07. The van der Waals surface area contributed by atoms with Crippen LogP contribution in [0.3, 0.4) is 0 Å². The average molecular weight is 294 g/mol. The second kappa shape index (κ2) is 6.10. The highest BCUT2D eigenvalue weighted by molar-refractivity contribution is 5.93. The maximum atomic E-state index is 4.34. The molecule has 114 valence electrons. The standard InChI is InChI=1S/C18H22N4/c1-4-8-14(5-2)16-11-22(17-10-7-6-9-15(16)17)20-18-12-21(3)13-19-18/h6-13,20H,4-5H2,1-3H3/b14-8+. The van der Waals surface area contributed by atoms with Crippen LogP contribution >= 0.6 is 0 Å². The summed E-state index contributed by atoms with van der Waals surface area (Å²) in [4.78, 5) is 4.34. The number of aryl methyl sites for hydroxylation is 1. The van der Waals surface area contributed by atoms with E-state index >= 15 is 0 Å². The van der Waals surface area contributed by atoms with Crippen LogP contribution in [-0.2, 0) is 7.05 Å². The highest BCUT2D eigenvalue weighted by Gasteiger charge is 2.11. The smallest absolute Gasteiger partial charge is 0.163 e. The first-order valence-corrected chi connectivity index (χ1v) is 7.77. The normalized spacial score (nSPS) is 12.0. The number of nitrogens with one attached hydrogen (secondary N) is 1. The predicted molar refractivity (Wildman–Crippen MR) is 92.7 cm³/mol. The number of anilines is 1. The van der Waals surface area contributed by atoms with Gasteiger partial charge in [0.05, 0.1) is 11.8 Å². The third-order valence-corrected chi connectivity index (χ3v) is 3.83. The van der Waals surface area contributed by atoms with E-state index in [-0.39, 0.29) is 0 Å². The Kier molecular flexibility index (Phi) is 4.00. The number of rotatable bonds is 5. The average Bonchev–Trinajstić information content (AvgIpc) is 3.10. The lowest BCUT2D eigenvalue weighted by atomic mass is 10.0. The van der Waals surface area contributed by atoms with Crippen LogP contribution in [0.1, 0.15) is 32.3 Å². The van der Waals surface area contributed by atoms with Crippen molar-refractivity contribution in [2.24, 2.45) is 7.05 Å². The second-order valence-corrected chi connectivity index (χ2v) is 5.46. The Morgan fingerprint density at radius 3 is 2.73 bits per heavy atom. The molecule has 4 nitrogen and oxygen atoms in total. The van der Waals surface area contributed by atoms with Crippen molar-refractivity contribution in [2.45, 2.75) is 26.7 Å². The van der Waals surface area contributed by atoms with E-state index < -0.39 is 0 Å². The number of hydrogen-bond donors (Lipinski definition) is 1. The number of fused-ring (bicyclic) bond motifs is 1. The van der Waals surface area contributed by atoms with E-state index in [1.54, 1.807) is 6.33 Å². The van der Waals surface area contributed by atoms with Gasteiger partial charge in [0, 0.05) is 30.4 Å².